The summed E-state index contributed by atoms with van der Waals surface area (Å²) in [6.45, 7) is 0.235. The summed E-state index contributed by atoms with van der Waals surface area (Å²) in [5.74, 6) is -4.92. The topological polar surface area (TPSA) is 212 Å². The van der Waals surface area contributed by atoms with Crippen molar-refractivity contribution in [3.05, 3.63) is 59.7 Å². The number of hydrogen-bond acceptors (Lipinski definition) is 11. The van der Waals surface area contributed by atoms with Gasteiger partial charge in [0.05, 0.1) is 25.7 Å². The van der Waals surface area contributed by atoms with Crippen LogP contribution in [0.3, 0.4) is 0 Å². The number of aliphatic hydroxyl groups is 1. The summed E-state index contributed by atoms with van der Waals surface area (Å²) < 4.78 is 5.76. The van der Waals surface area contributed by atoms with Gasteiger partial charge in [0, 0.05) is 105 Å². The molecule has 51 heavy (non-hydrogen) atoms. The Morgan fingerprint density at radius 1 is 0.647 bits per heavy atom. The molecule has 2 aromatic carbocycles. The second-order valence-corrected chi connectivity index (χ2v) is 12.8. The minimum Gasteiger partial charge on any atom is -0.480 e. The molecule has 3 atom stereocenters. The summed E-state index contributed by atoms with van der Waals surface area (Å²) in [6, 6.07) is 13.1. The maximum Gasteiger partial charge on any atom is 0.410 e. The molecule has 0 spiro atoms. The second-order valence-electron chi connectivity index (χ2n) is 12.8. The maximum absolute atomic E-state index is 13.6. The number of carboxylic acid groups (broad SMARTS) is 4. The number of hydrogen-bond donors (Lipinski definition) is 5. The summed E-state index contributed by atoms with van der Waals surface area (Å²) in [4.78, 5) is 68.5. The van der Waals surface area contributed by atoms with Gasteiger partial charge < -0.3 is 30.3 Å². The minimum atomic E-state index is -1.62. The van der Waals surface area contributed by atoms with Gasteiger partial charge in [-0.25, -0.2) is 9.59 Å². The minimum absolute atomic E-state index is 0. The monoisotopic (exact) mass is 855 g/mol. The first-order valence-corrected chi connectivity index (χ1v) is 16.5. The quantitative estimate of drug-likeness (QED) is 0.212. The van der Waals surface area contributed by atoms with Crippen LogP contribution in [0.15, 0.2) is 48.5 Å². The number of aliphatic hydroxyl groups excluding tert-OH is 1. The number of carbonyl (C=O) groups is 5. The maximum atomic E-state index is 13.6. The number of aliphatic carboxylic acids is 4. The average Bonchev–Trinajstić information content (AvgIpc) is 3.58. The molecule has 2 aliphatic heterocycles. The van der Waals surface area contributed by atoms with E-state index in [-0.39, 0.29) is 131 Å². The molecule has 1 aliphatic carbocycles. The van der Waals surface area contributed by atoms with E-state index < -0.39 is 48.2 Å². The largest absolute Gasteiger partial charge is 0.480 e. The van der Waals surface area contributed by atoms with Crippen molar-refractivity contribution in [1.82, 2.24) is 24.5 Å². The van der Waals surface area contributed by atoms with Crippen LogP contribution in [0.5, 0.6) is 0 Å². The van der Waals surface area contributed by atoms with E-state index in [1.807, 2.05) is 48.5 Å². The molecule has 16 nitrogen and oxygen atoms in total. The van der Waals surface area contributed by atoms with Gasteiger partial charge in [0.15, 0.2) is 6.04 Å². The van der Waals surface area contributed by atoms with Crippen LogP contribution >= 0.6 is 0 Å². The van der Waals surface area contributed by atoms with Crippen LogP contribution < -0.4 is 0 Å². The van der Waals surface area contributed by atoms with Gasteiger partial charge in [-0.15, -0.1) is 0 Å². The van der Waals surface area contributed by atoms with Crippen LogP contribution in [0.2, 0.25) is 0 Å². The van der Waals surface area contributed by atoms with Crippen molar-refractivity contribution < 1.29 is 94.2 Å². The molecule has 2 aromatic rings. The molecule has 1 amide bonds. The molecule has 0 saturated carbocycles. The zero-order valence-corrected chi connectivity index (χ0v) is 30.2. The van der Waals surface area contributed by atoms with Crippen molar-refractivity contribution in [2.24, 2.45) is 0 Å². The molecule has 0 aromatic heterocycles. The first-order valence-electron chi connectivity index (χ1n) is 16.5. The molecule has 2 fully saturated rings. The van der Waals surface area contributed by atoms with Gasteiger partial charge in [-0.3, -0.25) is 38.9 Å². The van der Waals surface area contributed by atoms with Crippen LogP contribution in [0, 0.1) is 39.9 Å². The van der Waals surface area contributed by atoms with E-state index in [1.54, 1.807) is 19.6 Å². The molecule has 5 rings (SSSR count). The molecule has 3 aliphatic rings. The summed E-state index contributed by atoms with van der Waals surface area (Å²) in [5.41, 5.74) is 4.03. The van der Waals surface area contributed by atoms with E-state index in [9.17, 15) is 49.5 Å². The number of likely N-dealkylation sites (tertiary alicyclic amines) is 1. The number of nitrogens with zero attached hydrogens (tertiary/aromatic N) is 5. The van der Waals surface area contributed by atoms with Crippen LogP contribution in [0.1, 0.15) is 17.0 Å². The van der Waals surface area contributed by atoms with Gasteiger partial charge >= 0.3 is 30.0 Å². The van der Waals surface area contributed by atoms with Crippen LogP contribution in [-0.2, 0) is 23.9 Å². The van der Waals surface area contributed by atoms with Gasteiger partial charge in [0.1, 0.15) is 12.7 Å². The Morgan fingerprint density at radius 2 is 1.06 bits per heavy atom. The van der Waals surface area contributed by atoms with Crippen LogP contribution in [0.25, 0.3) is 11.1 Å². The number of benzene rings is 2. The predicted molar refractivity (Wildman–Crippen MR) is 177 cm³/mol. The number of fused-ring (bicyclic) bond motifs is 3. The SMILES string of the molecule is O=C(O)CN1CCN(CC(=O)O)CCN([C@@H]2CN(C(=O)OCC3c4ccccc4-c4ccccc43)[C@@H](C(=O)O)[C@H]2O)CCN(CC(=O)O)CC1.[Gd]. The van der Waals surface area contributed by atoms with Gasteiger partial charge in [-0.2, -0.15) is 0 Å². The zero-order chi connectivity index (χ0) is 35.9. The van der Waals surface area contributed by atoms with Gasteiger partial charge in [0.25, 0.3) is 0 Å². The molecule has 2 saturated heterocycles. The molecule has 0 bridgehead atoms. The Kier molecular flexibility index (Phi) is 14.7. The molecular formula is C34H43GdN5O11. The van der Waals surface area contributed by atoms with Crippen LogP contribution in [-0.4, -0.2) is 183 Å². The summed E-state index contributed by atoms with van der Waals surface area (Å²) in [5, 5.41) is 50.0. The summed E-state index contributed by atoms with van der Waals surface area (Å²) in [7, 11) is 0. The first-order chi connectivity index (χ1) is 23.9. The Hall–Kier alpha value is -3.29. The van der Waals surface area contributed by atoms with Crippen molar-refractivity contribution in [3.8, 4) is 11.1 Å². The molecule has 17 heteroatoms. The van der Waals surface area contributed by atoms with Crippen molar-refractivity contribution in [2.75, 3.05) is 85.1 Å². The van der Waals surface area contributed by atoms with E-state index in [1.165, 1.54) is 0 Å². The average molecular weight is 855 g/mol. The molecule has 278 valence electrons. The Balaban J connectivity index is 0.00000583. The molecule has 5 N–H and O–H groups in total. The third kappa shape index (κ3) is 10.2. The van der Waals surface area contributed by atoms with E-state index in [0.717, 1.165) is 27.2 Å². The van der Waals surface area contributed by atoms with Crippen molar-refractivity contribution >= 4 is 30.0 Å². The smallest absolute Gasteiger partial charge is 0.410 e. The fourth-order valence-electron chi connectivity index (χ4n) is 7.23. The number of carbonyl (C=O) groups excluding carboxylic acids is 1. The second kappa shape index (κ2) is 18.5. The summed E-state index contributed by atoms with van der Waals surface area (Å²) >= 11 is 0. The predicted octanol–water partition coefficient (Wildman–Crippen LogP) is -0.0908. The van der Waals surface area contributed by atoms with Gasteiger partial charge in [-0.05, 0) is 22.3 Å². The Bertz CT molecular complexity index is 1500. The molecular weight excluding hydrogens is 812 g/mol. The van der Waals surface area contributed by atoms with E-state index in [0.29, 0.717) is 0 Å². The Labute approximate surface area is 326 Å². The van der Waals surface area contributed by atoms with E-state index >= 15 is 0 Å². The van der Waals surface area contributed by atoms with Gasteiger partial charge in [0.2, 0.25) is 0 Å². The molecule has 2 heterocycles. The number of rotatable bonds is 10. The van der Waals surface area contributed by atoms with Crippen LogP contribution in [0.4, 0.5) is 4.79 Å². The number of carboxylic acids is 4. The number of ether oxygens (including phenoxy) is 1. The normalized spacial score (nSPS) is 22.5. The molecule has 0 radical (unpaired) electrons. The first kappa shape index (κ1) is 40.5. The molecule has 0 unspecified atom stereocenters. The fourth-order valence-corrected chi connectivity index (χ4v) is 7.23. The van der Waals surface area contributed by atoms with E-state index in [2.05, 4.69) is 0 Å². The summed E-state index contributed by atoms with van der Waals surface area (Å²) in [6.07, 6.45) is -2.43. The van der Waals surface area contributed by atoms with E-state index in [4.69, 9.17) is 4.74 Å². The third-order valence-electron chi connectivity index (χ3n) is 9.68. The third-order valence-corrected chi connectivity index (χ3v) is 9.68. The van der Waals surface area contributed by atoms with Crippen molar-refractivity contribution in [1.29, 1.82) is 0 Å². The fraction of sp³-hybridized carbons (Fsp3) is 0.500. The van der Waals surface area contributed by atoms with Gasteiger partial charge in [-0.1, -0.05) is 48.5 Å². The standard InChI is InChI=1S/C34H43N5O11.Gd/c40-28(41)18-35-9-11-36(19-29(42)43)13-15-38(16-14-37(12-10-35)20-30(44)45)27-17-39(31(32(27)46)33(47)48)34(49)50-21-26-24-7-3-1-5-22(24)23-6-2-4-8-25(23)26;/h1-8,26-27,31-32,46H,9-21H2,(H,40,41)(H,42,43)(H,44,45)(H,47,48);/t27-,31-,32+;/m1./s1. The van der Waals surface area contributed by atoms with Crippen molar-refractivity contribution in [2.45, 2.75) is 24.1 Å². The Morgan fingerprint density at radius 3 is 1.47 bits per heavy atom. The zero-order valence-electron chi connectivity index (χ0n) is 27.9. The van der Waals surface area contributed by atoms with Crippen molar-refractivity contribution in [3.63, 3.8) is 0 Å². The number of amides is 1.